The number of furan rings is 1. The molecule has 134 valence electrons. The van der Waals surface area contributed by atoms with Crippen molar-refractivity contribution in [1.82, 2.24) is 10.6 Å². The first-order valence-corrected chi connectivity index (χ1v) is 8.57. The van der Waals surface area contributed by atoms with Gasteiger partial charge in [-0.3, -0.25) is 9.79 Å². The summed E-state index contributed by atoms with van der Waals surface area (Å²) in [5.74, 6) is 1.62. The Kier molecular flexibility index (Phi) is 7.85. The number of hydrogen-bond donors (Lipinski definition) is 3. The highest BCUT2D eigenvalue weighted by molar-refractivity contribution is 6.30. The van der Waals surface area contributed by atoms with E-state index in [4.69, 9.17) is 16.0 Å². The van der Waals surface area contributed by atoms with Crippen molar-refractivity contribution in [1.29, 1.82) is 0 Å². The second-order valence-electron chi connectivity index (χ2n) is 5.41. The van der Waals surface area contributed by atoms with E-state index < -0.39 is 0 Å². The molecule has 0 saturated heterocycles. The number of anilines is 1. The van der Waals surface area contributed by atoms with Crippen LogP contribution in [0.2, 0.25) is 5.02 Å². The lowest BCUT2D eigenvalue weighted by molar-refractivity contribution is -0.116. The Balaban J connectivity index is 1.58. The lowest BCUT2D eigenvalue weighted by atomic mass is 10.2. The van der Waals surface area contributed by atoms with Crippen LogP contribution in [0.4, 0.5) is 5.69 Å². The van der Waals surface area contributed by atoms with E-state index in [1.54, 1.807) is 37.6 Å². The van der Waals surface area contributed by atoms with Crippen LogP contribution in [0.3, 0.4) is 0 Å². The van der Waals surface area contributed by atoms with Crippen LogP contribution < -0.4 is 16.0 Å². The van der Waals surface area contributed by atoms with Gasteiger partial charge in [0.15, 0.2) is 5.96 Å². The molecule has 7 heteroatoms. The molecule has 0 bridgehead atoms. The molecule has 0 fully saturated rings. The largest absolute Gasteiger partial charge is 0.469 e. The zero-order valence-corrected chi connectivity index (χ0v) is 15.0. The fourth-order valence-corrected chi connectivity index (χ4v) is 2.32. The van der Waals surface area contributed by atoms with Crippen LogP contribution in [0.25, 0.3) is 0 Å². The molecular formula is C18H23ClN4O2. The third kappa shape index (κ3) is 7.30. The quantitative estimate of drug-likeness (QED) is 0.383. The summed E-state index contributed by atoms with van der Waals surface area (Å²) in [5.41, 5.74) is 0.748. The number of carbonyl (C=O) groups is 1. The van der Waals surface area contributed by atoms with Crippen LogP contribution in [-0.4, -0.2) is 32.0 Å². The van der Waals surface area contributed by atoms with Crippen molar-refractivity contribution < 1.29 is 9.21 Å². The number of nitrogens with one attached hydrogen (secondary N) is 3. The number of rotatable bonds is 8. The molecule has 2 aromatic rings. The second kappa shape index (κ2) is 10.4. The average Bonchev–Trinajstić information content (AvgIpc) is 3.12. The lowest BCUT2D eigenvalue weighted by Gasteiger charge is -2.11. The van der Waals surface area contributed by atoms with Gasteiger partial charge in [-0.15, -0.1) is 0 Å². The highest BCUT2D eigenvalue weighted by atomic mass is 35.5. The van der Waals surface area contributed by atoms with Gasteiger partial charge < -0.3 is 20.4 Å². The number of aliphatic imine (C=N–C) groups is 1. The Labute approximate surface area is 152 Å². The van der Waals surface area contributed by atoms with Crippen molar-refractivity contribution in [2.24, 2.45) is 4.99 Å². The molecule has 1 aromatic carbocycles. The molecular weight excluding hydrogens is 340 g/mol. The number of halogens is 1. The average molecular weight is 363 g/mol. The normalized spacial score (nSPS) is 11.2. The van der Waals surface area contributed by atoms with E-state index in [9.17, 15) is 4.79 Å². The minimum atomic E-state index is -0.0233. The highest BCUT2D eigenvalue weighted by Crippen LogP contribution is 2.13. The topological polar surface area (TPSA) is 78.7 Å². The molecule has 0 unspecified atom stereocenters. The van der Waals surface area contributed by atoms with Gasteiger partial charge in [0.05, 0.1) is 6.26 Å². The maximum absolute atomic E-state index is 11.9. The third-order valence-electron chi connectivity index (χ3n) is 3.47. The molecule has 0 spiro atoms. The molecule has 0 aliphatic carbocycles. The van der Waals surface area contributed by atoms with Gasteiger partial charge in [-0.2, -0.15) is 0 Å². The van der Waals surface area contributed by atoms with E-state index in [2.05, 4.69) is 20.9 Å². The molecule has 1 aromatic heterocycles. The minimum absolute atomic E-state index is 0.0233. The van der Waals surface area contributed by atoms with Gasteiger partial charge in [0.2, 0.25) is 5.91 Å². The van der Waals surface area contributed by atoms with Crippen LogP contribution in [0.15, 0.2) is 52.1 Å². The van der Waals surface area contributed by atoms with Crippen molar-refractivity contribution >= 4 is 29.2 Å². The summed E-state index contributed by atoms with van der Waals surface area (Å²) in [6, 6.07) is 10.9. The third-order valence-corrected chi connectivity index (χ3v) is 3.72. The van der Waals surface area contributed by atoms with E-state index >= 15 is 0 Å². The molecule has 0 atom stereocenters. The molecule has 1 heterocycles. The Morgan fingerprint density at radius 3 is 2.60 bits per heavy atom. The van der Waals surface area contributed by atoms with Gasteiger partial charge >= 0.3 is 0 Å². The zero-order valence-electron chi connectivity index (χ0n) is 14.2. The summed E-state index contributed by atoms with van der Waals surface area (Å²) >= 11 is 5.82. The van der Waals surface area contributed by atoms with Gasteiger partial charge in [0.1, 0.15) is 5.76 Å². The first-order valence-electron chi connectivity index (χ1n) is 8.19. The summed E-state index contributed by atoms with van der Waals surface area (Å²) < 4.78 is 5.28. The maximum Gasteiger partial charge on any atom is 0.224 e. The molecule has 0 aliphatic rings. The first kappa shape index (κ1) is 18.9. The molecule has 2 rings (SSSR count). The fraction of sp³-hybridized carbons (Fsp3) is 0.333. The molecule has 0 radical (unpaired) electrons. The number of hydrogen-bond acceptors (Lipinski definition) is 3. The predicted octanol–water partition coefficient (Wildman–Crippen LogP) is 3.06. The van der Waals surface area contributed by atoms with Gasteiger partial charge in [-0.25, -0.2) is 0 Å². The van der Waals surface area contributed by atoms with Crippen molar-refractivity contribution in [2.75, 3.05) is 25.5 Å². The summed E-state index contributed by atoms with van der Waals surface area (Å²) in [6.07, 6.45) is 3.59. The summed E-state index contributed by atoms with van der Waals surface area (Å²) in [7, 11) is 1.72. The SMILES string of the molecule is CN=C(NCCCC(=O)Nc1ccc(Cl)cc1)NCCc1ccco1. The van der Waals surface area contributed by atoms with Crippen LogP contribution in [0.1, 0.15) is 18.6 Å². The monoisotopic (exact) mass is 362 g/mol. The van der Waals surface area contributed by atoms with Crippen LogP contribution >= 0.6 is 11.6 Å². The van der Waals surface area contributed by atoms with E-state index in [-0.39, 0.29) is 5.91 Å². The van der Waals surface area contributed by atoms with Gasteiger partial charge in [0.25, 0.3) is 0 Å². The fourth-order valence-electron chi connectivity index (χ4n) is 2.19. The smallest absolute Gasteiger partial charge is 0.224 e. The zero-order chi connectivity index (χ0) is 17.9. The van der Waals surface area contributed by atoms with Crippen LogP contribution in [0, 0.1) is 0 Å². The maximum atomic E-state index is 11.9. The Hall–Kier alpha value is -2.47. The summed E-state index contributed by atoms with van der Waals surface area (Å²) in [6.45, 7) is 1.39. The van der Waals surface area contributed by atoms with Crippen molar-refractivity contribution in [2.45, 2.75) is 19.3 Å². The lowest BCUT2D eigenvalue weighted by Crippen LogP contribution is -2.38. The molecule has 6 nitrogen and oxygen atoms in total. The van der Waals surface area contributed by atoms with Gasteiger partial charge in [0, 0.05) is 43.7 Å². The van der Waals surface area contributed by atoms with E-state index in [0.29, 0.717) is 30.4 Å². The summed E-state index contributed by atoms with van der Waals surface area (Å²) in [4.78, 5) is 16.0. The van der Waals surface area contributed by atoms with Crippen molar-refractivity contribution in [3.05, 3.63) is 53.4 Å². The Morgan fingerprint density at radius 2 is 1.92 bits per heavy atom. The van der Waals surface area contributed by atoms with E-state index in [1.165, 1.54) is 0 Å². The van der Waals surface area contributed by atoms with E-state index in [0.717, 1.165) is 24.4 Å². The molecule has 3 N–H and O–H groups in total. The highest BCUT2D eigenvalue weighted by Gasteiger charge is 2.03. The number of benzene rings is 1. The molecule has 1 amide bonds. The molecule has 0 aliphatic heterocycles. The Morgan fingerprint density at radius 1 is 1.16 bits per heavy atom. The number of amides is 1. The van der Waals surface area contributed by atoms with Crippen LogP contribution in [-0.2, 0) is 11.2 Å². The van der Waals surface area contributed by atoms with E-state index in [1.807, 2.05) is 12.1 Å². The van der Waals surface area contributed by atoms with Gasteiger partial charge in [-0.1, -0.05) is 11.6 Å². The Bertz CT molecular complexity index is 669. The second-order valence-corrected chi connectivity index (χ2v) is 5.85. The first-order chi connectivity index (χ1) is 12.2. The number of nitrogens with zero attached hydrogens (tertiary/aromatic N) is 1. The minimum Gasteiger partial charge on any atom is -0.469 e. The summed E-state index contributed by atoms with van der Waals surface area (Å²) in [5, 5.41) is 9.88. The van der Waals surface area contributed by atoms with Crippen molar-refractivity contribution in [3.8, 4) is 0 Å². The molecule has 25 heavy (non-hydrogen) atoms. The number of guanidine groups is 1. The standard InChI is InChI=1S/C18H23ClN4O2/c1-20-18(22-12-10-16-4-3-13-25-16)21-11-2-5-17(24)23-15-8-6-14(19)7-9-15/h3-4,6-9,13H,2,5,10-12H2,1H3,(H,23,24)(H2,20,21,22). The molecule has 0 saturated carbocycles. The number of carbonyl (C=O) groups excluding carboxylic acids is 1. The van der Waals surface area contributed by atoms with Crippen LogP contribution in [0.5, 0.6) is 0 Å². The van der Waals surface area contributed by atoms with Gasteiger partial charge in [-0.05, 0) is 42.8 Å². The predicted molar refractivity (Wildman–Crippen MR) is 101 cm³/mol. The van der Waals surface area contributed by atoms with Crippen molar-refractivity contribution in [3.63, 3.8) is 0 Å².